The van der Waals surface area contributed by atoms with Crippen LogP contribution in [0.25, 0.3) is 0 Å². The lowest BCUT2D eigenvalue weighted by molar-refractivity contribution is -0.303. The van der Waals surface area contributed by atoms with Gasteiger partial charge >= 0.3 is 12.5 Å². The maximum atomic E-state index is 12.0. The molecule has 0 spiro atoms. The zero-order valence-electron chi connectivity index (χ0n) is 10.0. The number of alkyl halides is 3. The minimum atomic E-state index is -4.72. The number of halogens is 3. The topological polar surface area (TPSA) is 38.8 Å². The summed E-state index contributed by atoms with van der Waals surface area (Å²) >= 11 is -1.46. The molecule has 2 aliphatic heterocycles. The van der Waals surface area contributed by atoms with Crippen LogP contribution >= 0.6 is 11.2 Å². The first-order valence-electron chi connectivity index (χ1n) is 5.85. The molecule has 108 valence electrons. The molecule has 8 heteroatoms. The molecule has 0 aromatic carbocycles. The summed E-state index contributed by atoms with van der Waals surface area (Å²) in [6.45, 7) is 1.28. The first-order chi connectivity index (χ1) is 8.94. The second-order valence-corrected chi connectivity index (χ2v) is 5.62. The van der Waals surface area contributed by atoms with Gasteiger partial charge in [0.1, 0.15) is 5.76 Å². The number of allylic oxidation sites excluding steroid dienone is 1. The van der Waals surface area contributed by atoms with Crippen molar-refractivity contribution in [1.29, 1.82) is 0 Å². The first-order valence-corrected chi connectivity index (χ1v) is 7.25. The highest BCUT2D eigenvalue weighted by Crippen LogP contribution is 2.40. The van der Waals surface area contributed by atoms with E-state index in [9.17, 15) is 18.0 Å². The Hall–Kier alpha value is -1.31. The van der Waals surface area contributed by atoms with Crippen molar-refractivity contribution < 1.29 is 26.9 Å². The number of hydrogen-bond donors (Lipinski definition) is 1. The fourth-order valence-electron chi connectivity index (χ4n) is 1.83. The Bertz CT molecular complexity index is 402. The Kier molecular flexibility index (Phi) is 4.28. The van der Waals surface area contributed by atoms with E-state index < -0.39 is 23.6 Å². The fourth-order valence-corrected chi connectivity index (χ4v) is 3.01. The van der Waals surface area contributed by atoms with E-state index in [1.54, 1.807) is 4.90 Å². The summed E-state index contributed by atoms with van der Waals surface area (Å²) in [5, 5.41) is 2.60. The number of hydrogen-bond acceptors (Lipinski definition) is 3. The number of carbonyl (C=O) groups is 1. The average molecular weight is 297 g/mol. The van der Waals surface area contributed by atoms with E-state index in [2.05, 4.69) is 4.74 Å². The summed E-state index contributed by atoms with van der Waals surface area (Å²) < 4.78 is 44.8. The zero-order chi connectivity index (χ0) is 13.9. The number of rotatable bonds is 2. The molecule has 0 aliphatic carbocycles. The highest BCUT2D eigenvalue weighted by molar-refractivity contribution is 8.18. The standard InChI is InChI=1S/C11H14F3NO3S/c12-11(13,14)17-9-4-7-19(8-9)18-10(16)15-5-2-1-3-6-15/h4,7-8,19H,1-3,5-6H2. The summed E-state index contributed by atoms with van der Waals surface area (Å²) in [5.74, 6) is -0.329. The third-order valence-corrected chi connectivity index (χ3v) is 3.99. The second-order valence-electron chi connectivity index (χ2n) is 4.16. The summed E-state index contributed by atoms with van der Waals surface area (Å²) in [4.78, 5) is 13.3. The van der Waals surface area contributed by atoms with Crippen LogP contribution in [0.4, 0.5) is 18.0 Å². The molecule has 4 nitrogen and oxygen atoms in total. The largest absolute Gasteiger partial charge is 0.573 e. The van der Waals surface area contributed by atoms with Crippen molar-refractivity contribution in [3.8, 4) is 0 Å². The molecule has 1 saturated heterocycles. The molecule has 0 saturated carbocycles. The van der Waals surface area contributed by atoms with Crippen LogP contribution in [0, 0.1) is 0 Å². The van der Waals surface area contributed by atoms with E-state index in [0.717, 1.165) is 19.3 Å². The van der Waals surface area contributed by atoms with Crippen molar-refractivity contribution in [3.63, 3.8) is 0 Å². The van der Waals surface area contributed by atoms with Gasteiger partial charge in [0.25, 0.3) is 0 Å². The third-order valence-electron chi connectivity index (χ3n) is 2.67. The van der Waals surface area contributed by atoms with Crippen molar-refractivity contribution in [3.05, 3.63) is 22.7 Å². The highest BCUT2D eigenvalue weighted by atomic mass is 32.2. The molecule has 2 rings (SSSR count). The molecule has 0 N–H and O–H groups in total. The summed E-state index contributed by atoms with van der Waals surface area (Å²) in [7, 11) is 0. The summed E-state index contributed by atoms with van der Waals surface area (Å²) in [6.07, 6.45) is -1.08. The van der Waals surface area contributed by atoms with Gasteiger partial charge in [-0.2, -0.15) is 0 Å². The lowest BCUT2D eigenvalue weighted by atomic mass is 10.1. The minimum Gasteiger partial charge on any atom is -0.405 e. The highest BCUT2D eigenvalue weighted by Gasteiger charge is 2.32. The van der Waals surface area contributed by atoms with Crippen LogP contribution in [0.2, 0.25) is 0 Å². The van der Waals surface area contributed by atoms with E-state index in [4.69, 9.17) is 4.18 Å². The second kappa shape index (κ2) is 5.77. The van der Waals surface area contributed by atoms with E-state index >= 15 is 0 Å². The minimum absolute atomic E-state index is 0.329. The normalized spacial score (nSPS) is 25.1. The fraction of sp³-hybridized carbons (Fsp3) is 0.545. The van der Waals surface area contributed by atoms with Crippen LogP contribution in [0.3, 0.4) is 0 Å². The maximum Gasteiger partial charge on any atom is 0.573 e. The van der Waals surface area contributed by atoms with Crippen LogP contribution in [0.15, 0.2) is 22.7 Å². The predicted molar refractivity (Wildman–Crippen MR) is 65.3 cm³/mol. The Morgan fingerprint density at radius 1 is 1.26 bits per heavy atom. The molecule has 0 aromatic heterocycles. The molecule has 1 fully saturated rings. The van der Waals surface area contributed by atoms with Gasteiger partial charge in [0.15, 0.2) is 0 Å². The molecule has 19 heavy (non-hydrogen) atoms. The van der Waals surface area contributed by atoms with E-state index in [1.165, 1.54) is 16.9 Å². The van der Waals surface area contributed by atoms with Crippen LogP contribution in [-0.2, 0) is 8.92 Å². The maximum absolute atomic E-state index is 12.0. The molecule has 0 aromatic rings. The number of amides is 1. The smallest absolute Gasteiger partial charge is 0.405 e. The molecule has 0 bridgehead atoms. The average Bonchev–Trinajstić information content (AvgIpc) is 2.75. The van der Waals surface area contributed by atoms with Crippen LogP contribution in [0.5, 0.6) is 0 Å². The summed E-state index contributed by atoms with van der Waals surface area (Å²) in [6, 6.07) is 0. The Morgan fingerprint density at radius 3 is 2.58 bits per heavy atom. The Balaban J connectivity index is 1.84. The monoisotopic (exact) mass is 297 g/mol. The molecular weight excluding hydrogens is 283 g/mol. The molecule has 2 heterocycles. The van der Waals surface area contributed by atoms with Crippen molar-refractivity contribution in [2.45, 2.75) is 25.6 Å². The molecule has 1 unspecified atom stereocenters. The Morgan fingerprint density at radius 2 is 1.95 bits per heavy atom. The van der Waals surface area contributed by atoms with Gasteiger partial charge in [0, 0.05) is 18.5 Å². The quantitative estimate of drug-likeness (QED) is 0.794. The first kappa shape index (κ1) is 14.1. The number of thiol groups is 1. The zero-order valence-corrected chi connectivity index (χ0v) is 10.9. The number of ether oxygens (including phenoxy) is 1. The summed E-state index contributed by atoms with van der Waals surface area (Å²) in [5.41, 5.74) is 0. The van der Waals surface area contributed by atoms with E-state index in [0.29, 0.717) is 13.1 Å². The van der Waals surface area contributed by atoms with E-state index in [1.807, 2.05) is 0 Å². The predicted octanol–water partition coefficient (Wildman–Crippen LogP) is 3.43. The van der Waals surface area contributed by atoms with Gasteiger partial charge in [-0.1, -0.05) is 11.2 Å². The van der Waals surface area contributed by atoms with Gasteiger partial charge in [0.05, 0.1) is 0 Å². The number of nitrogens with zero attached hydrogens (tertiary/aromatic N) is 1. The van der Waals surface area contributed by atoms with Gasteiger partial charge in [-0.3, -0.25) is 0 Å². The van der Waals surface area contributed by atoms with Gasteiger partial charge in [-0.05, 0) is 30.7 Å². The van der Waals surface area contributed by atoms with Crippen LogP contribution in [0.1, 0.15) is 19.3 Å². The van der Waals surface area contributed by atoms with Crippen LogP contribution in [-0.4, -0.2) is 30.4 Å². The number of carbonyl (C=O) groups excluding carboxylic acids is 1. The molecule has 1 amide bonds. The van der Waals surface area contributed by atoms with Gasteiger partial charge < -0.3 is 13.8 Å². The molecule has 1 atom stereocenters. The third kappa shape index (κ3) is 4.38. The molecule has 2 aliphatic rings. The van der Waals surface area contributed by atoms with Crippen molar-refractivity contribution in [1.82, 2.24) is 4.90 Å². The van der Waals surface area contributed by atoms with Gasteiger partial charge in [-0.25, -0.2) is 4.79 Å². The van der Waals surface area contributed by atoms with Crippen molar-refractivity contribution in [2.24, 2.45) is 0 Å². The molecule has 0 radical (unpaired) electrons. The molecular formula is C11H14F3NO3S. The van der Waals surface area contributed by atoms with Gasteiger partial charge in [0.2, 0.25) is 0 Å². The number of piperidine rings is 1. The SMILES string of the molecule is O=C(O[SH]1C=CC(OC(F)(F)F)=C1)N1CCCCC1. The number of likely N-dealkylation sites (tertiary alicyclic amines) is 1. The van der Waals surface area contributed by atoms with Crippen molar-refractivity contribution in [2.75, 3.05) is 13.1 Å². The van der Waals surface area contributed by atoms with E-state index in [-0.39, 0.29) is 5.76 Å². The van der Waals surface area contributed by atoms with Gasteiger partial charge in [-0.15, -0.1) is 13.2 Å². The van der Waals surface area contributed by atoms with Crippen LogP contribution < -0.4 is 0 Å². The van der Waals surface area contributed by atoms with Crippen molar-refractivity contribution >= 4 is 17.3 Å². The lowest BCUT2D eigenvalue weighted by Gasteiger charge is -2.27. The lowest BCUT2D eigenvalue weighted by Crippen LogP contribution is -2.35. The Labute approximate surface area is 111 Å².